The van der Waals surface area contributed by atoms with E-state index < -0.39 is 0 Å². The lowest BCUT2D eigenvalue weighted by atomic mass is 9.99. The first-order chi connectivity index (χ1) is 22.7. The highest BCUT2D eigenvalue weighted by atomic mass is 35.5. The van der Waals surface area contributed by atoms with E-state index in [1.165, 1.54) is 59.5 Å². The van der Waals surface area contributed by atoms with E-state index in [-0.39, 0.29) is 0 Å². The summed E-state index contributed by atoms with van der Waals surface area (Å²) >= 11 is 8.71. The Hall–Kier alpha value is -5.35. The van der Waals surface area contributed by atoms with Gasteiger partial charge in [0.1, 0.15) is 0 Å². The zero-order valence-corrected chi connectivity index (χ0v) is 26.3. The second-order valence-corrected chi connectivity index (χ2v) is 13.1. The number of hydrogen-bond donors (Lipinski definition) is 1. The van der Waals surface area contributed by atoms with Gasteiger partial charge in [0.2, 0.25) is 0 Å². The molecule has 0 amide bonds. The van der Waals surface area contributed by atoms with Crippen molar-refractivity contribution in [2.24, 2.45) is 0 Å². The van der Waals surface area contributed by atoms with Crippen molar-refractivity contribution in [3.05, 3.63) is 163 Å². The minimum atomic E-state index is 0.790. The molecular formula is C42H27ClN2S. The highest BCUT2D eigenvalue weighted by Crippen LogP contribution is 2.42. The van der Waals surface area contributed by atoms with Crippen molar-refractivity contribution in [1.82, 2.24) is 4.57 Å². The minimum Gasteiger partial charge on any atom is -0.356 e. The van der Waals surface area contributed by atoms with E-state index in [0.717, 1.165) is 26.8 Å². The second kappa shape index (κ2) is 10.9. The summed E-state index contributed by atoms with van der Waals surface area (Å²) in [5.74, 6) is 0. The molecule has 7 aromatic carbocycles. The van der Waals surface area contributed by atoms with Crippen LogP contribution in [0.25, 0.3) is 69.9 Å². The number of nitrogens with one attached hydrogen (secondary N) is 1. The molecule has 2 aromatic heterocycles. The van der Waals surface area contributed by atoms with Crippen LogP contribution in [0, 0.1) is 0 Å². The third kappa shape index (κ3) is 4.56. The van der Waals surface area contributed by atoms with Crippen molar-refractivity contribution in [1.29, 1.82) is 0 Å². The van der Waals surface area contributed by atoms with Gasteiger partial charge in [-0.05, 0) is 82.9 Å². The molecule has 9 aromatic rings. The summed E-state index contributed by atoms with van der Waals surface area (Å²) < 4.78 is 4.75. The predicted molar refractivity (Wildman–Crippen MR) is 199 cm³/mol. The van der Waals surface area contributed by atoms with Crippen LogP contribution in [0.4, 0.5) is 11.4 Å². The summed E-state index contributed by atoms with van der Waals surface area (Å²) in [5, 5.41) is 9.16. The minimum absolute atomic E-state index is 0.790. The molecule has 218 valence electrons. The number of halogens is 1. The molecule has 46 heavy (non-hydrogen) atoms. The van der Waals surface area contributed by atoms with E-state index in [2.05, 4.69) is 149 Å². The van der Waals surface area contributed by atoms with Crippen molar-refractivity contribution in [3.63, 3.8) is 0 Å². The zero-order chi connectivity index (χ0) is 30.6. The molecule has 4 heteroatoms. The summed E-state index contributed by atoms with van der Waals surface area (Å²) in [5.41, 5.74) is 10.4. The molecular weight excluding hydrogens is 600 g/mol. The number of benzene rings is 7. The molecule has 2 nitrogen and oxygen atoms in total. The maximum absolute atomic E-state index is 6.95. The summed E-state index contributed by atoms with van der Waals surface area (Å²) in [7, 11) is 0. The molecule has 0 unspecified atom stereocenters. The highest BCUT2D eigenvalue weighted by Gasteiger charge is 2.16. The van der Waals surface area contributed by atoms with Crippen molar-refractivity contribution in [3.8, 4) is 27.9 Å². The summed E-state index contributed by atoms with van der Waals surface area (Å²) in [6, 6.07) is 56.2. The van der Waals surface area contributed by atoms with Gasteiger partial charge in [-0.25, -0.2) is 0 Å². The van der Waals surface area contributed by atoms with E-state index in [4.69, 9.17) is 11.6 Å². The Labute approximate surface area is 275 Å². The van der Waals surface area contributed by atoms with Crippen LogP contribution in [-0.4, -0.2) is 4.57 Å². The number of rotatable bonds is 5. The van der Waals surface area contributed by atoms with Gasteiger partial charge in [-0.3, -0.25) is 0 Å². The van der Waals surface area contributed by atoms with Crippen LogP contribution < -0.4 is 5.32 Å². The van der Waals surface area contributed by atoms with Crippen LogP contribution in [0.1, 0.15) is 0 Å². The summed E-state index contributed by atoms with van der Waals surface area (Å²) in [6.45, 7) is 0. The molecule has 0 spiro atoms. The Kier molecular flexibility index (Phi) is 6.41. The molecule has 0 aliphatic carbocycles. The normalized spacial score (nSPS) is 11.6. The van der Waals surface area contributed by atoms with Gasteiger partial charge < -0.3 is 9.88 Å². The Morgan fingerprint density at radius 1 is 0.457 bits per heavy atom. The molecule has 0 aliphatic heterocycles. The Morgan fingerprint density at radius 2 is 1.04 bits per heavy atom. The van der Waals surface area contributed by atoms with Gasteiger partial charge in [0.15, 0.2) is 0 Å². The van der Waals surface area contributed by atoms with Crippen molar-refractivity contribution < 1.29 is 0 Å². The molecule has 0 fully saturated rings. The van der Waals surface area contributed by atoms with Crippen LogP contribution in [-0.2, 0) is 0 Å². The molecule has 2 heterocycles. The number of hydrogen-bond acceptors (Lipinski definition) is 2. The first-order valence-electron chi connectivity index (χ1n) is 15.4. The van der Waals surface area contributed by atoms with E-state index in [0.29, 0.717) is 0 Å². The van der Waals surface area contributed by atoms with E-state index in [9.17, 15) is 0 Å². The predicted octanol–water partition coefficient (Wildman–Crippen LogP) is 12.9. The van der Waals surface area contributed by atoms with Crippen LogP contribution in [0.5, 0.6) is 0 Å². The lowest BCUT2D eigenvalue weighted by Gasteiger charge is -2.10. The molecule has 0 saturated carbocycles. The maximum Gasteiger partial charge on any atom is 0.0605 e. The molecule has 0 saturated heterocycles. The Bertz CT molecular complexity index is 2540. The van der Waals surface area contributed by atoms with Crippen molar-refractivity contribution in [2.75, 3.05) is 5.32 Å². The topological polar surface area (TPSA) is 17.0 Å². The summed E-state index contributed by atoms with van der Waals surface area (Å²) in [6.07, 6.45) is 0. The van der Waals surface area contributed by atoms with Gasteiger partial charge in [-0.2, -0.15) is 0 Å². The van der Waals surface area contributed by atoms with Gasteiger partial charge >= 0.3 is 0 Å². The highest BCUT2D eigenvalue weighted by molar-refractivity contribution is 7.26. The van der Waals surface area contributed by atoms with Gasteiger partial charge in [0.25, 0.3) is 0 Å². The lowest BCUT2D eigenvalue weighted by Crippen LogP contribution is -1.94. The third-order valence-corrected chi connectivity index (χ3v) is 10.5. The second-order valence-electron chi connectivity index (χ2n) is 11.6. The van der Waals surface area contributed by atoms with Gasteiger partial charge in [0.05, 0.1) is 20.8 Å². The number of para-hydroxylation sites is 2. The molecule has 0 aliphatic rings. The van der Waals surface area contributed by atoms with Crippen LogP contribution in [0.15, 0.2) is 158 Å². The van der Waals surface area contributed by atoms with Crippen LogP contribution in [0.3, 0.4) is 0 Å². The zero-order valence-electron chi connectivity index (χ0n) is 24.7. The SMILES string of the molecule is Clc1cc(-n2c3ccccc3c3cc(-c4ccc(-c5ccc(Nc6ccccc6)cc5)cc4)ccc32)cc2c1sc1ccccc12. The summed E-state index contributed by atoms with van der Waals surface area (Å²) in [4.78, 5) is 0. The monoisotopic (exact) mass is 626 g/mol. The third-order valence-electron chi connectivity index (χ3n) is 8.85. The van der Waals surface area contributed by atoms with Crippen LogP contribution >= 0.6 is 22.9 Å². The van der Waals surface area contributed by atoms with E-state index in [1.807, 2.05) is 18.2 Å². The van der Waals surface area contributed by atoms with Gasteiger partial charge in [-0.1, -0.05) is 109 Å². The van der Waals surface area contributed by atoms with E-state index >= 15 is 0 Å². The molecule has 0 bridgehead atoms. The molecule has 9 rings (SSSR count). The average molecular weight is 627 g/mol. The number of fused-ring (bicyclic) bond motifs is 6. The van der Waals surface area contributed by atoms with Gasteiger partial charge in [-0.15, -0.1) is 11.3 Å². The fourth-order valence-electron chi connectivity index (χ4n) is 6.62. The number of nitrogens with zero attached hydrogens (tertiary/aromatic N) is 1. The fourth-order valence-corrected chi connectivity index (χ4v) is 8.04. The standard InChI is InChI=1S/C42H27ClN2S/c43-38-26-33(25-37-35-11-5-7-13-41(35)46-42(37)38)45-39-12-6-4-10-34(39)36-24-30(20-23-40(36)45)29-16-14-27(15-17-29)28-18-21-32(22-19-28)44-31-8-2-1-3-9-31/h1-26,44H. The fraction of sp³-hybridized carbons (Fsp3) is 0. The number of anilines is 2. The smallest absolute Gasteiger partial charge is 0.0605 e. The Balaban J connectivity index is 1.08. The maximum atomic E-state index is 6.95. The van der Waals surface area contributed by atoms with Crippen LogP contribution in [0.2, 0.25) is 5.02 Å². The molecule has 1 N–H and O–H groups in total. The van der Waals surface area contributed by atoms with Gasteiger partial charge in [0, 0.05) is 43.3 Å². The first kappa shape index (κ1) is 27.0. The number of thiophene rings is 1. The molecule has 0 radical (unpaired) electrons. The molecule has 0 atom stereocenters. The van der Waals surface area contributed by atoms with E-state index in [1.54, 1.807) is 11.3 Å². The first-order valence-corrected chi connectivity index (χ1v) is 16.6. The quantitative estimate of drug-likeness (QED) is 0.201. The number of aromatic nitrogens is 1. The van der Waals surface area contributed by atoms with Crippen molar-refractivity contribution >= 4 is 76.3 Å². The lowest BCUT2D eigenvalue weighted by molar-refractivity contribution is 1.19. The Morgan fingerprint density at radius 3 is 1.83 bits per heavy atom. The van der Waals surface area contributed by atoms with Crippen molar-refractivity contribution in [2.45, 2.75) is 0 Å². The largest absolute Gasteiger partial charge is 0.356 e. The average Bonchev–Trinajstić information content (AvgIpc) is 3.65.